The first-order valence-electron chi connectivity index (χ1n) is 2.75. The molecular formula is C5H11NaO3S. The molecule has 0 aromatic heterocycles. The molecular weight excluding hydrogens is 163 g/mol. The van der Waals surface area contributed by atoms with Gasteiger partial charge in [0.25, 0.3) is 0 Å². The van der Waals surface area contributed by atoms with Gasteiger partial charge < -0.3 is 9.29 Å². The van der Waals surface area contributed by atoms with Crippen molar-refractivity contribution in [3.8, 4) is 0 Å². The zero-order valence-corrected chi connectivity index (χ0v) is 9.44. The Balaban J connectivity index is 0. The molecule has 5 heteroatoms. The number of hydrogen-bond acceptors (Lipinski definition) is 3. The van der Waals surface area contributed by atoms with Crippen molar-refractivity contribution < 1.29 is 43.1 Å². The Morgan fingerprint density at radius 2 is 2.20 bits per heavy atom. The summed E-state index contributed by atoms with van der Waals surface area (Å²) in [4.78, 5) is 0. The predicted molar refractivity (Wildman–Crippen MR) is 34.9 cm³/mol. The molecule has 0 amide bonds. The van der Waals surface area contributed by atoms with Gasteiger partial charge in [0.2, 0.25) is 0 Å². The molecule has 0 radical (unpaired) electrons. The van der Waals surface area contributed by atoms with Crippen molar-refractivity contribution >= 4 is 11.1 Å². The summed E-state index contributed by atoms with van der Waals surface area (Å²) in [5.74, 6) is 0. The Bertz CT molecular complexity index is 98.9. The molecule has 0 N–H and O–H groups in total. The summed E-state index contributed by atoms with van der Waals surface area (Å²) < 4.78 is 25.0. The molecule has 0 aliphatic rings. The van der Waals surface area contributed by atoms with Crippen LogP contribution < -0.4 is 29.6 Å². The van der Waals surface area contributed by atoms with Gasteiger partial charge in [-0.25, -0.2) is 0 Å². The molecule has 2 unspecified atom stereocenters. The molecule has 0 spiro atoms. The summed E-state index contributed by atoms with van der Waals surface area (Å²) in [7, 11) is 1.56. The van der Waals surface area contributed by atoms with Crippen LogP contribution in [0.2, 0.25) is 0 Å². The van der Waals surface area contributed by atoms with Gasteiger partial charge in [0.1, 0.15) is 0 Å². The van der Waals surface area contributed by atoms with Gasteiger partial charge in [-0.15, -0.1) is 0 Å². The van der Waals surface area contributed by atoms with Gasteiger partial charge in [0, 0.05) is 19.0 Å². The standard InChI is InChI=1S/C5H12O3S.Na/c1-5(9(6)7)3-4-8-2;/h5H,3-4H2,1-2H3,(H,6,7);/q;+1/p-1. The average molecular weight is 174 g/mol. The zero-order valence-electron chi connectivity index (χ0n) is 6.62. The Morgan fingerprint density at radius 3 is 2.50 bits per heavy atom. The van der Waals surface area contributed by atoms with Gasteiger partial charge in [0.05, 0.1) is 0 Å². The van der Waals surface area contributed by atoms with E-state index in [2.05, 4.69) is 4.74 Å². The SMILES string of the molecule is COCCC(C)S(=O)[O-].[Na+]. The molecule has 56 valence electrons. The van der Waals surface area contributed by atoms with Crippen LogP contribution in [0.15, 0.2) is 0 Å². The van der Waals surface area contributed by atoms with Gasteiger partial charge in [-0.05, 0) is 6.42 Å². The molecule has 3 nitrogen and oxygen atoms in total. The number of methoxy groups -OCH3 is 1. The minimum absolute atomic E-state index is 0. The van der Waals surface area contributed by atoms with Crippen LogP contribution in [-0.2, 0) is 15.8 Å². The Labute approximate surface area is 86.1 Å². The van der Waals surface area contributed by atoms with Crippen LogP contribution in [0.4, 0.5) is 0 Å². The Morgan fingerprint density at radius 1 is 1.70 bits per heavy atom. The molecule has 0 aliphatic carbocycles. The number of hydrogen-bond donors (Lipinski definition) is 0. The zero-order chi connectivity index (χ0) is 7.28. The predicted octanol–water partition coefficient (Wildman–Crippen LogP) is -2.71. The van der Waals surface area contributed by atoms with Crippen LogP contribution in [0.1, 0.15) is 13.3 Å². The number of rotatable bonds is 4. The van der Waals surface area contributed by atoms with E-state index in [0.717, 1.165) is 0 Å². The first-order chi connectivity index (χ1) is 4.18. The van der Waals surface area contributed by atoms with Crippen LogP contribution in [-0.4, -0.2) is 27.7 Å². The molecule has 0 saturated heterocycles. The molecule has 0 fully saturated rings. The van der Waals surface area contributed by atoms with E-state index in [4.69, 9.17) is 0 Å². The maximum Gasteiger partial charge on any atom is 1.00 e. The van der Waals surface area contributed by atoms with E-state index in [1.54, 1.807) is 14.0 Å². The van der Waals surface area contributed by atoms with Crippen molar-refractivity contribution in [1.29, 1.82) is 0 Å². The fourth-order valence-electron chi connectivity index (χ4n) is 0.380. The summed E-state index contributed by atoms with van der Waals surface area (Å²) in [5, 5.41) is -0.287. The van der Waals surface area contributed by atoms with Crippen LogP contribution >= 0.6 is 0 Å². The molecule has 0 rings (SSSR count). The average Bonchev–Trinajstić information content (AvgIpc) is 1.82. The van der Waals surface area contributed by atoms with E-state index in [9.17, 15) is 8.76 Å². The summed E-state index contributed by atoms with van der Waals surface area (Å²) in [6.45, 7) is 2.16. The normalized spacial score (nSPS) is 15.5. The molecule has 0 heterocycles. The summed E-state index contributed by atoms with van der Waals surface area (Å²) >= 11 is -1.94. The fraction of sp³-hybridized carbons (Fsp3) is 1.00. The Hall–Kier alpha value is 1.07. The van der Waals surface area contributed by atoms with E-state index >= 15 is 0 Å². The van der Waals surface area contributed by atoms with Crippen molar-refractivity contribution in [2.45, 2.75) is 18.6 Å². The largest absolute Gasteiger partial charge is 1.00 e. The molecule has 0 saturated carbocycles. The maximum atomic E-state index is 10.1. The van der Waals surface area contributed by atoms with Crippen molar-refractivity contribution in [1.82, 2.24) is 0 Å². The molecule has 2 atom stereocenters. The van der Waals surface area contributed by atoms with Crippen LogP contribution in [0.3, 0.4) is 0 Å². The summed E-state index contributed by atoms with van der Waals surface area (Å²) in [6.07, 6.45) is 0.576. The second-order valence-corrected chi connectivity index (χ2v) is 3.18. The summed E-state index contributed by atoms with van der Waals surface area (Å²) in [6, 6.07) is 0. The second-order valence-electron chi connectivity index (χ2n) is 1.85. The molecule has 0 aromatic rings. The first kappa shape index (κ1) is 13.6. The second kappa shape index (κ2) is 8.17. The van der Waals surface area contributed by atoms with E-state index in [-0.39, 0.29) is 34.8 Å². The fourth-order valence-corrected chi connectivity index (χ4v) is 0.669. The maximum absolute atomic E-state index is 10.1. The van der Waals surface area contributed by atoms with Gasteiger partial charge >= 0.3 is 29.6 Å². The smallest absolute Gasteiger partial charge is 0.772 e. The quantitative estimate of drug-likeness (QED) is 0.344. The molecule has 0 aromatic carbocycles. The van der Waals surface area contributed by atoms with Gasteiger partial charge in [-0.1, -0.05) is 18.0 Å². The monoisotopic (exact) mass is 174 g/mol. The van der Waals surface area contributed by atoms with Crippen LogP contribution in [0.5, 0.6) is 0 Å². The van der Waals surface area contributed by atoms with Gasteiger partial charge in [-0.3, -0.25) is 4.21 Å². The van der Waals surface area contributed by atoms with E-state index in [0.29, 0.717) is 13.0 Å². The first-order valence-corrected chi connectivity index (χ1v) is 3.89. The third-order valence-corrected chi connectivity index (χ3v) is 1.95. The third-order valence-electron chi connectivity index (χ3n) is 1.06. The van der Waals surface area contributed by atoms with Crippen LogP contribution in [0.25, 0.3) is 0 Å². The molecule has 0 aliphatic heterocycles. The van der Waals surface area contributed by atoms with Crippen molar-refractivity contribution in [2.75, 3.05) is 13.7 Å². The van der Waals surface area contributed by atoms with Gasteiger partial charge in [0.15, 0.2) is 0 Å². The molecule has 10 heavy (non-hydrogen) atoms. The van der Waals surface area contributed by atoms with Crippen molar-refractivity contribution in [2.24, 2.45) is 0 Å². The minimum atomic E-state index is -1.94. The van der Waals surface area contributed by atoms with Crippen LogP contribution in [0, 0.1) is 0 Å². The van der Waals surface area contributed by atoms with E-state index in [1.165, 1.54) is 0 Å². The molecule has 0 bridgehead atoms. The van der Waals surface area contributed by atoms with Crippen molar-refractivity contribution in [3.05, 3.63) is 0 Å². The number of ether oxygens (including phenoxy) is 1. The van der Waals surface area contributed by atoms with Crippen molar-refractivity contribution in [3.63, 3.8) is 0 Å². The topological polar surface area (TPSA) is 49.4 Å². The Kier molecular flexibility index (Phi) is 11.1. The summed E-state index contributed by atoms with van der Waals surface area (Å²) in [5.41, 5.74) is 0. The third kappa shape index (κ3) is 7.18. The van der Waals surface area contributed by atoms with E-state index in [1.807, 2.05) is 0 Å². The minimum Gasteiger partial charge on any atom is -0.772 e. The van der Waals surface area contributed by atoms with Gasteiger partial charge in [-0.2, -0.15) is 0 Å². The van der Waals surface area contributed by atoms with E-state index < -0.39 is 11.1 Å².